The molecule has 0 saturated carbocycles. The van der Waals surface area contributed by atoms with Gasteiger partial charge >= 0.3 is 5.97 Å². The number of nitrogens with one attached hydrogen (secondary N) is 1. The molecule has 29 heavy (non-hydrogen) atoms. The molecule has 0 radical (unpaired) electrons. The third-order valence-corrected chi connectivity index (χ3v) is 6.17. The van der Waals surface area contributed by atoms with Gasteiger partial charge in [0.2, 0.25) is 11.8 Å². The van der Waals surface area contributed by atoms with Crippen LogP contribution in [0.5, 0.6) is 0 Å². The molecule has 2 aromatic rings. The van der Waals surface area contributed by atoms with Crippen LogP contribution >= 0.6 is 11.3 Å². The Labute approximate surface area is 171 Å². The van der Waals surface area contributed by atoms with E-state index in [1.165, 1.54) is 16.2 Å². The number of carbonyl (C=O) groups is 3. The predicted molar refractivity (Wildman–Crippen MR) is 108 cm³/mol. The highest BCUT2D eigenvalue weighted by Crippen LogP contribution is 2.46. The van der Waals surface area contributed by atoms with Gasteiger partial charge in [-0.3, -0.25) is 9.59 Å². The quantitative estimate of drug-likeness (QED) is 0.632. The SMILES string of the molecule is C[C@@H](O)[C@H]1C(=O)N2C(C(=O)O)=C(c3ccc(CC(=O)Nc4cccs4)cc3)C[C@H]12. The standard InChI is InChI=1S/C21H20N2O5S/c1-11(24)18-15-10-14(19(21(27)28)23(15)20(18)26)13-6-4-12(5-7-13)9-16(25)22-17-3-2-8-29-17/h2-8,11,15,18,24H,9-10H2,1H3,(H,22,25)(H,27,28)/t11-,15-,18-/m1/s1. The van der Waals surface area contributed by atoms with Gasteiger partial charge in [0, 0.05) is 0 Å². The molecule has 4 rings (SSSR count). The summed E-state index contributed by atoms with van der Waals surface area (Å²) < 4.78 is 0. The molecular weight excluding hydrogens is 392 g/mol. The molecule has 0 spiro atoms. The first-order chi connectivity index (χ1) is 13.9. The van der Waals surface area contributed by atoms with Gasteiger partial charge in [-0.2, -0.15) is 0 Å². The highest BCUT2D eigenvalue weighted by Gasteiger charge is 2.56. The van der Waals surface area contributed by atoms with E-state index in [2.05, 4.69) is 5.32 Å². The van der Waals surface area contributed by atoms with Crippen LogP contribution in [-0.4, -0.2) is 45.0 Å². The first-order valence-electron chi connectivity index (χ1n) is 9.27. The Morgan fingerprint density at radius 2 is 2.00 bits per heavy atom. The molecule has 7 nitrogen and oxygen atoms in total. The molecule has 150 valence electrons. The molecule has 8 heteroatoms. The number of hydrogen-bond donors (Lipinski definition) is 3. The van der Waals surface area contributed by atoms with E-state index >= 15 is 0 Å². The summed E-state index contributed by atoms with van der Waals surface area (Å²) in [7, 11) is 0. The number of thiophene rings is 1. The highest BCUT2D eigenvalue weighted by molar-refractivity contribution is 7.14. The van der Waals surface area contributed by atoms with Crippen molar-refractivity contribution in [2.75, 3.05) is 5.32 Å². The fraction of sp³-hybridized carbons (Fsp3) is 0.286. The summed E-state index contributed by atoms with van der Waals surface area (Å²) in [6, 6.07) is 10.5. The minimum atomic E-state index is -1.15. The number of carboxylic acids is 1. The summed E-state index contributed by atoms with van der Waals surface area (Å²) in [6.07, 6.45) is -0.219. The lowest BCUT2D eigenvalue weighted by Gasteiger charge is -2.44. The van der Waals surface area contributed by atoms with Crippen molar-refractivity contribution in [2.45, 2.75) is 31.9 Å². The number of rotatable bonds is 6. The van der Waals surface area contributed by atoms with E-state index in [1.54, 1.807) is 31.2 Å². The van der Waals surface area contributed by atoms with Gasteiger partial charge in [-0.05, 0) is 47.6 Å². The van der Waals surface area contributed by atoms with Crippen molar-refractivity contribution < 1.29 is 24.6 Å². The minimum absolute atomic E-state index is 0.0138. The van der Waals surface area contributed by atoms with Crippen LogP contribution in [0.2, 0.25) is 0 Å². The Bertz CT molecular complexity index is 995. The normalized spacial score (nSPS) is 21.6. The molecule has 1 aromatic heterocycles. The van der Waals surface area contributed by atoms with Crippen molar-refractivity contribution in [1.29, 1.82) is 0 Å². The van der Waals surface area contributed by atoms with E-state index in [0.717, 1.165) is 10.6 Å². The maximum atomic E-state index is 12.3. The van der Waals surface area contributed by atoms with Gasteiger partial charge in [0.25, 0.3) is 0 Å². The molecule has 0 unspecified atom stereocenters. The summed E-state index contributed by atoms with van der Waals surface area (Å²) in [5, 5.41) is 25.0. The monoisotopic (exact) mass is 412 g/mol. The van der Waals surface area contributed by atoms with Gasteiger partial charge in [0.05, 0.1) is 29.5 Å². The van der Waals surface area contributed by atoms with E-state index in [0.29, 0.717) is 17.6 Å². The smallest absolute Gasteiger partial charge is 0.352 e. The number of aliphatic hydroxyl groups is 1. The van der Waals surface area contributed by atoms with Crippen molar-refractivity contribution in [3.63, 3.8) is 0 Å². The molecule has 0 bridgehead atoms. The van der Waals surface area contributed by atoms with Crippen LogP contribution in [0.1, 0.15) is 24.5 Å². The number of amides is 2. The molecule has 3 heterocycles. The zero-order valence-corrected chi connectivity index (χ0v) is 16.5. The van der Waals surface area contributed by atoms with Crippen LogP contribution in [0.25, 0.3) is 5.57 Å². The second-order valence-corrected chi connectivity index (χ2v) is 8.23. The number of benzene rings is 1. The van der Waals surface area contributed by atoms with Crippen LogP contribution in [0, 0.1) is 5.92 Å². The molecule has 2 aliphatic heterocycles. The Hall–Kier alpha value is -2.97. The zero-order valence-electron chi connectivity index (χ0n) is 15.7. The van der Waals surface area contributed by atoms with Crippen LogP contribution in [0.4, 0.5) is 5.00 Å². The fourth-order valence-electron chi connectivity index (χ4n) is 4.07. The van der Waals surface area contributed by atoms with E-state index in [1.807, 2.05) is 17.5 Å². The summed E-state index contributed by atoms with van der Waals surface area (Å²) in [6.45, 7) is 1.55. The molecule has 3 N–H and O–H groups in total. The number of aliphatic carboxylic acids is 1. The third kappa shape index (κ3) is 3.45. The summed E-state index contributed by atoms with van der Waals surface area (Å²) in [5.41, 5.74) is 2.07. The van der Waals surface area contributed by atoms with Crippen molar-refractivity contribution in [1.82, 2.24) is 4.90 Å². The second kappa shape index (κ2) is 7.46. The maximum Gasteiger partial charge on any atom is 0.352 e. The number of fused-ring (bicyclic) bond motifs is 1. The van der Waals surface area contributed by atoms with E-state index in [9.17, 15) is 24.6 Å². The third-order valence-electron chi connectivity index (χ3n) is 5.38. The largest absolute Gasteiger partial charge is 0.477 e. The van der Waals surface area contributed by atoms with E-state index < -0.39 is 18.0 Å². The highest BCUT2D eigenvalue weighted by atomic mass is 32.1. The first-order valence-corrected chi connectivity index (χ1v) is 10.1. The maximum absolute atomic E-state index is 12.3. The number of hydrogen-bond acceptors (Lipinski definition) is 5. The van der Waals surface area contributed by atoms with Gasteiger partial charge in [-0.1, -0.05) is 24.3 Å². The van der Waals surface area contributed by atoms with Crippen LogP contribution in [0.15, 0.2) is 47.5 Å². The average Bonchev–Trinajstić information content (AvgIpc) is 3.27. The first kappa shape index (κ1) is 19.4. The Balaban J connectivity index is 1.52. The lowest BCUT2D eigenvalue weighted by molar-refractivity contribution is -0.161. The molecule has 1 aromatic carbocycles. The Morgan fingerprint density at radius 1 is 1.28 bits per heavy atom. The van der Waals surface area contributed by atoms with Crippen molar-refractivity contribution in [3.8, 4) is 0 Å². The molecule has 0 aliphatic carbocycles. The number of anilines is 1. The van der Waals surface area contributed by atoms with Gasteiger partial charge < -0.3 is 20.4 Å². The fourth-order valence-corrected chi connectivity index (χ4v) is 4.70. The lowest BCUT2D eigenvalue weighted by Crippen LogP contribution is -2.61. The number of β-lactam (4-membered cyclic amide) rings is 1. The van der Waals surface area contributed by atoms with E-state index in [-0.39, 0.29) is 30.0 Å². The topological polar surface area (TPSA) is 107 Å². The van der Waals surface area contributed by atoms with Gasteiger partial charge in [0.15, 0.2) is 0 Å². The Kier molecular flexibility index (Phi) is 4.97. The summed E-state index contributed by atoms with van der Waals surface area (Å²) in [4.78, 5) is 37.5. The predicted octanol–water partition coefficient (Wildman–Crippen LogP) is 2.34. The number of carboxylic acid groups (broad SMARTS) is 1. The van der Waals surface area contributed by atoms with Crippen LogP contribution in [0.3, 0.4) is 0 Å². The lowest BCUT2D eigenvalue weighted by atomic mass is 9.82. The number of nitrogens with zero attached hydrogens (tertiary/aromatic N) is 1. The second-order valence-electron chi connectivity index (χ2n) is 7.28. The van der Waals surface area contributed by atoms with Crippen molar-refractivity contribution in [3.05, 3.63) is 58.6 Å². The molecule has 2 amide bonds. The van der Waals surface area contributed by atoms with E-state index in [4.69, 9.17) is 0 Å². The number of carbonyl (C=O) groups excluding carboxylic acids is 2. The summed E-state index contributed by atoms with van der Waals surface area (Å²) >= 11 is 1.45. The molecule has 2 aliphatic rings. The summed E-state index contributed by atoms with van der Waals surface area (Å²) in [5.74, 6) is -2.19. The minimum Gasteiger partial charge on any atom is -0.477 e. The molecule has 1 fully saturated rings. The van der Waals surface area contributed by atoms with Gasteiger partial charge in [0.1, 0.15) is 5.70 Å². The van der Waals surface area contributed by atoms with Gasteiger partial charge in [-0.15, -0.1) is 11.3 Å². The van der Waals surface area contributed by atoms with Crippen LogP contribution < -0.4 is 5.32 Å². The van der Waals surface area contributed by atoms with Crippen molar-refractivity contribution >= 4 is 39.7 Å². The average molecular weight is 412 g/mol. The molecule has 1 saturated heterocycles. The number of aliphatic hydroxyl groups excluding tert-OH is 1. The Morgan fingerprint density at radius 3 is 2.59 bits per heavy atom. The van der Waals surface area contributed by atoms with Crippen LogP contribution in [-0.2, 0) is 20.8 Å². The molecular formula is C21H20N2O5S. The molecule has 3 atom stereocenters. The zero-order chi connectivity index (χ0) is 20.7. The van der Waals surface area contributed by atoms with Crippen molar-refractivity contribution in [2.24, 2.45) is 5.92 Å². The van der Waals surface area contributed by atoms with Gasteiger partial charge in [-0.25, -0.2) is 4.79 Å².